The molecule has 0 spiro atoms. The molecule has 0 N–H and O–H groups in total. The summed E-state index contributed by atoms with van der Waals surface area (Å²) in [7, 11) is 0. The van der Waals surface area contributed by atoms with Crippen LogP contribution in [-0.4, -0.2) is 19.8 Å². The van der Waals surface area contributed by atoms with Gasteiger partial charge in [-0.2, -0.15) is 0 Å². The highest BCUT2D eigenvalue weighted by Gasteiger charge is 2.25. The van der Waals surface area contributed by atoms with Gasteiger partial charge in [-0.3, -0.25) is 4.57 Å². The lowest BCUT2D eigenvalue weighted by atomic mass is 9.98. The van der Waals surface area contributed by atoms with Crippen LogP contribution in [0.2, 0.25) is 0 Å². The lowest BCUT2D eigenvalue weighted by Crippen LogP contribution is -1.99. The number of pyridine rings is 1. The smallest absolute Gasteiger partial charge is 0.137 e. The molecule has 3 aromatic heterocycles. The monoisotopic (exact) mass is 704 g/mol. The summed E-state index contributed by atoms with van der Waals surface area (Å²) in [6.07, 6.45) is 4.05. The Hall–Kier alpha value is -7.30. The molecule has 260 valence electrons. The number of benzene rings is 7. The number of fused-ring (bicyclic) bond motifs is 10. The van der Waals surface area contributed by atoms with Crippen LogP contribution in [0.4, 0.5) is 0 Å². The molecule has 10 rings (SSSR count). The van der Waals surface area contributed by atoms with Gasteiger partial charge in [-0.25, -0.2) is 9.98 Å². The molecule has 0 fully saturated rings. The van der Waals surface area contributed by atoms with E-state index in [-0.39, 0.29) is 0 Å². The third-order valence-corrected chi connectivity index (χ3v) is 10.7. The van der Waals surface area contributed by atoms with Crippen LogP contribution in [0.5, 0.6) is 0 Å². The highest BCUT2D eigenvalue weighted by Crippen LogP contribution is 2.46. The van der Waals surface area contributed by atoms with Gasteiger partial charge in [0.2, 0.25) is 0 Å². The number of aliphatic imine (C=N–C) groups is 1. The van der Waals surface area contributed by atoms with E-state index >= 15 is 0 Å². The number of nitrogens with zero attached hydrogens (tertiary/aromatic N) is 4. The second-order valence-corrected chi connectivity index (χ2v) is 13.9. The van der Waals surface area contributed by atoms with E-state index in [0.717, 1.165) is 61.7 Å². The van der Waals surface area contributed by atoms with Crippen LogP contribution in [-0.2, 0) is 0 Å². The first kappa shape index (κ1) is 32.4. The summed E-state index contributed by atoms with van der Waals surface area (Å²) in [4.78, 5) is 9.99. The van der Waals surface area contributed by atoms with Gasteiger partial charge in [0.05, 0.1) is 33.5 Å². The Bertz CT molecular complexity index is 3130. The molecule has 55 heavy (non-hydrogen) atoms. The first-order valence-corrected chi connectivity index (χ1v) is 18.6. The van der Waals surface area contributed by atoms with Gasteiger partial charge in [0, 0.05) is 33.6 Å². The molecule has 0 aliphatic heterocycles. The third-order valence-electron chi connectivity index (χ3n) is 10.7. The molecule has 7 aromatic carbocycles. The van der Waals surface area contributed by atoms with Crippen LogP contribution in [0.1, 0.15) is 23.6 Å². The first-order chi connectivity index (χ1) is 27.2. The van der Waals surface area contributed by atoms with Gasteiger partial charge in [0.25, 0.3) is 0 Å². The van der Waals surface area contributed by atoms with Crippen LogP contribution in [0.15, 0.2) is 200 Å². The van der Waals surface area contributed by atoms with Gasteiger partial charge in [-0.15, -0.1) is 0 Å². The molecular weight excluding hydrogens is 669 g/mol. The zero-order valence-corrected chi connectivity index (χ0v) is 30.4. The second-order valence-electron chi connectivity index (χ2n) is 13.9. The van der Waals surface area contributed by atoms with E-state index in [0.29, 0.717) is 0 Å². The predicted molar refractivity (Wildman–Crippen MR) is 233 cm³/mol. The topological polar surface area (TPSA) is 35.1 Å². The fourth-order valence-corrected chi connectivity index (χ4v) is 8.16. The maximum atomic E-state index is 5.05. The number of para-hydroxylation sites is 1. The van der Waals surface area contributed by atoms with Crippen LogP contribution in [0, 0.1) is 0 Å². The maximum absolute atomic E-state index is 5.05. The molecule has 10 aromatic rings. The number of hydrogen-bond acceptors (Lipinski definition) is 2. The first-order valence-electron chi connectivity index (χ1n) is 18.6. The number of allylic oxidation sites excluding steroid dienone is 2. The quantitative estimate of drug-likeness (QED) is 0.120. The van der Waals surface area contributed by atoms with Crippen molar-refractivity contribution >= 4 is 71.4 Å². The van der Waals surface area contributed by atoms with E-state index in [4.69, 9.17) is 9.98 Å². The van der Waals surface area contributed by atoms with Crippen molar-refractivity contribution in [3.63, 3.8) is 0 Å². The van der Waals surface area contributed by atoms with Crippen LogP contribution < -0.4 is 0 Å². The summed E-state index contributed by atoms with van der Waals surface area (Å²) in [6.45, 7) is 6.47. The van der Waals surface area contributed by atoms with Crippen molar-refractivity contribution in [2.45, 2.75) is 6.92 Å². The highest BCUT2D eigenvalue weighted by molar-refractivity contribution is 6.34. The molecule has 0 unspecified atom stereocenters. The molecule has 0 bridgehead atoms. The van der Waals surface area contributed by atoms with Crippen molar-refractivity contribution in [3.8, 4) is 11.5 Å². The lowest BCUT2D eigenvalue weighted by molar-refractivity contribution is 1.09. The van der Waals surface area contributed by atoms with Gasteiger partial charge in [0.15, 0.2) is 0 Å². The van der Waals surface area contributed by atoms with Crippen LogP contribution in [0.25, 0.3) is 77.2 Å². The van der Waals surface area contributed by atoms with Gasteiger partial charge >= 0.3 is 0 Å². The fraction of sp³-hybridized carbons (Fsp3) is 0.0196. The fourth-order valence-electron chi connectivity index (χ4n) is 8.16. The summed E-state index contributed by atoms with van der Waals surface area (Å²) in [5, 5.41) is 7.29. The van der Waals surface area contributed by atoms with Crippen molar-refractivity contribution in [1.82, 2.24) is 14.1 Å². The van der Waals surface area contributed by atoms with Crippen molar-refractivity contribution in [2.75, 3.05) is 0 Å². The molecule has 0 saturated carbocycles. The standard InChI is InChI=1S/C51H36N4/c1-34(33-45(38-19-7-4-8-20-38)53-35(2)37-17-5-3-6-18-37)36-28-30-39(31-29-36)54-46-26-14-13-25-44(46)50-51(54)48-42-23-11-9-21-40(42)41-22-10-12-24-43(41)49(48)55(50)47-27-15-16-32-52-47/h3-33H,2H2,1H3/b34-33+,53-45?. The SMILES string of the molecule is C=C(N=C(/C=C(\C)c1ccc(-n2c3ccccc3c3c2c2c4ccccc4c4ccccc4c2n3-c2ccccn2)cc1)c1ccccc1)c1ccccc1. The molecule has 0 amide bonds. The minimum atomic E-state index is 0.729. The summed E-state index contributed by atoms with van der Waals surface area (Å²) < 4.78 is 4.82. The number of hydrogen-bond donors (Lipinski definition) is 0. The van der Waals surface area contributed by atoms with E-state index in [9.17, 15) is 0 Å². The van der Waals surface area contributed by atoms with E-state index in [1.165, 1.54) is 37.8 Å². The minimum absolute atomic E-state index is 0.729. The molecule has 4 heteroatoms. The van der Waals surface area contributed by atoms with E-state index in [1.807, 2.05) is 60.8 Å². The van der Waals surface area contributed by atoms with Gasteiger partial charge in [-0.1, -0.05) is 152 Å². The maximum Gasteiger partial charge on any atom is 0.137 e. The molecule has 4 nitrogen and oxygen atoms in total. The Morgan fingerprint density at radius 2 is 1.09 bits per heavy atom. The normalized spacial score (nSPS) is 12.4. The predicted octanol–water partition coefficient (Wildman–Crippen LogP) is 13.0. The molecule has 0 saturated heterocycles. The zero-order chi connectivity index (χ0) is 36.9. The molecule has 0 aliphatic carbocycles. The largest absolute Gasteiger partial charge is 0.307 e. The Balaban J connectivity index is 1.20. The van der Waals surface area contributed by atoms with Crippen molar-refractivity contribution in [2.24, 2.45) is 4.99 Å². The minimum Gasteiger partial charge on any atom is -0.307 e. The average molecular weight is 705 g/mol. The number of aromatic nitrogens is 3. The Morgan fingerprint density at radius 1 is 0.509 bits per heavy atom. The zero-order valence-electron chi connectivity index (χ0n) is 30.4. The van der Waals surface area contributed by atoms with Crippen LogP contribution >= 0.6 is 0 Å². The average Bonchev–Trinajstić information content (AvgIpc) is 3.78. The molecule has 0 radical (unpaired) electrons. The Morgan fingerprint density at radius 3 is 1.78 bits per heavy atom. The van der Waals surface area contributed by atoms with Crippen molar-refractivity contribution in [3.05, 3.63) is 211 Å². The molecule has 3 heterocycles. The summed E-state index contributed by atoms with van der Waals surface area (Å²) >= 11 is 0. The second kappa shape index (κ2) is 13.3. The molecule has 0 aliphatic rings. The summed E-state index contributed by atoms with van der Waals surface area (Å²) in [5.41, 5.74) is 11.6. The highest BCUT2D eigenvalue weighted by atomic mass is 15.1. The lowest BCUT2D eigenvalue weighted by Gasteiger charge is -2.13. The Labute approximate surface area is 319 Å². The van der Waals surface area contributed by atoms with E-state index in [1.54, 1.807) is 0 Å². The number of rotatable bonds is 7. The van der Waals surface area contributed by atoms with Gasteiger partial charge in [-0.05, 0) is 76.2 Å². The van der Waals surface area contributed by atoms with Crippen molar-refractivity contribution < 1.29 is 0 Å². The molecular formula is C51H36N4. The summed E-state index contributed by atoms with van der Waals surface area (Å²) in [5.74, 6) is 0.896. The van der Waals surface area contributed by atoms with Gasteiger partial charge < -0.3 is 4.57 Å². The summed E-state index contributed by atoms with van der Waals surface area (Å²) in [6, 6.07) is 61.9. The van der Waals surface area contributed by atoms with E-state index < -0.39 is 0 Å². The van der Waals surface area contributed by atoms with Crippen molar-refractivity contribution in [1.29, 1.82) is 0 Å². The van der Waals surface area contributed by atoms with E-state index in [2.05, 4.69) is 150 Å². The third kappa shape index (κ3) is 5.38. The molecule has 0 atom stereocenters. The van der Waals surface area contributed by atoms with Gasteiger partial charge in [0.1, 0.15) is 5.82 Å². The Kier molecular flexibility index (Phi) is 7.81. The van der Waals surface area contributed by atoms with Crippen LogP contribution in [0.3, 0.4) is 0 Å².